The number of aromatic nitrogens is 2. The van der Waals surface area contributed by atoms with Crippen molar-refractivity contribution in [2.75, 3.05) is 13.1 Å². The van der Waals surface area contributed by atoms with Crippen molar-refractivity contribution >= 4 is 11.6 Å². The third-order valence-electron chi connectivity index (χ3n) is 3.34. The topological polar surface area (TPSA) is 37.6 Å². The highest BCUT2D eigenvalue weighted by molar-refractivity contribution is 5.78. The molecule has 0 N–H and O–H groups in total. The van der Waals surface area contributed by atoms with Gasteiger partial charge in [-0.15, -0.1) is 0 Å². The third-order valence-corrected chi connectivity index (χ3v) is 3.34. The first kappa shape index (κ1) is 14.6. The number of pyridine rings is 1. The summed E-state index contributed by atoms with van der Waals surface area (Å²) in [5, 5.41) is 0. The first-order chi connectivity index (χ1) is 9.63. The molecule has 2 heterocycles. The van der Waals surface area contributed by atoms with Gasteiger partial charge in [0, 0.05) is 25.5 Å². The van der Waals surface area contributed by atoms with Gasteiger partial charge in [0.15, 0.2) is 0 Å². The molecule has 0 saturated carbocycles. The first-order valence-electron chi connectivity index (χ1n) is 7.36. The van der Waals surface area contributed by atoms with Crippen molar-refractivity contribution in [2.24, 2.45) is 0 Å². The maximum Gasteiger partial charge on any atom is 0.228 e. The maximum atomic E-state index is 12.3. The summed E-state index contributed by atoms with van der Waals surface area (Å²) < 4.78 is 1.97. The van der Waals surface area contributed by atoms with Crippen LogP contribution in [0.4, 0.5) is 0 Å². The van der Waals surface area contributed by atoms with Gasteiger partial charge in [-0.1, -0.05) is 13.8 Å². The number of carbonyl (C=O) groups is 1. The van der Waals surface area contributed by atoms with E-state index in [-0.39, 0.29) is 5.91 Å². The molecular formula is C16H23N3O. The number of nitrogens with zero attached hydrogens (tertiary/aromatic N) is 3. The van der Waals surface area contributed by atoms with E-state index in [0.717, 1.165) is 37.3 Å². The van der Waals surface area contributed by atoms with Crippen LogP contribution < -0.4 is 0 Å². The highest BCUT2D eigenvalue weighted by Gasteiger charge is 2.14. The molecule has 1 amide bonds. The molecule has 0 unspecified atom stereocenters. The number of fused-ring (bicyclic) bond motifs is 1. The summed E-state index contributed by atoms with van der Waals surface area (Å²) in [5.41, 5.74) is 2.93. The van der Waals surface area contributed by atoms with E-state index in [1.54, 1.807) is 0 Å². The summed E-state index contributed by atoms with van der Waals surface area (Å²) in [7, 11) is 0. The minimum Gasteiger partial charge on any atom is -0.342 e. The molecule has 0 fully saturated rings. The normalized spacial score (nSPS) is 10.9. The zero-order valence-corrected chi connectivity index (χ0v) is 12.6. The van der Waals surface area contributed by atoms with Gasteiger partial charge in [0.2, 0.25) is 5.91 Å². The molecule has 0 aliphatic carbocycles. The Morgan fingerprint density at radius 2 is 2.00 bits per heavy atom. The quantitative estimate of drug-likeness (QED) is 0.811. The van der Waals surface area contributed by atoms with Crippen molar-refractivity contribution < 1.29 is 4.79 Å². The zero-order valence-electron chi connectivity index (χ0n) is 12.6. The molecule has 0 spiro atoms. The first-order valence-corrected chi connectivity index (χ1v) is 7.36. The zero-order chi connectivity index (χ0) is 14.5. The van der Waals surface area contributed by atoms with Crippen LogP contribution in [0.1, 0.15) is 37.9 Å². The molecule has 0 atom stereocenters. The van der Waals surface area contributed by atoms with E-state index in [1.165, 1.54) is 5.56 Å². The van der Waals surface area contributed by atoms with Gasteiger partial charge >= 0.3 is 0 Å². The van der Waals surface area contributed by atoms with Crippen molar-refractivity contribution in [1.29, 1.82) is 0 Å². The van der Waals surface area contributed by atoms with Crippen molar-refractivity contribution in [3.05, 3.63) is 35.8 Å². The molecule has 0 aliphatic rings. The van der Waals surface area contributed by atoms with Crippen molar-refractivity contribution in [2.45, 2.75) is 40.0 Å². The minimum atomic E-state index is 0.175. The lowest BCUT2D eigenvalue weighted by atomic mass is 10.2. The Hall–Kier alpha value is -1.84. The molecule has 0 aromatic carbocycles. The fourth-order valence-corrected chi connectivity index (χ4v) is 2.39. The second-order valence-electron chi connectivity index (χ2n) is 5.26. The number of hydrogen-bond acceptors (Lipinski definition) is 2. The van der Waals surface area contributed by atoms with Gasteiger partial charge in [0.25, 0.3) is 0 Å². The third kappa shape index (κ3) is 3.38. The molecule has 108 valence electrons. The van der Waals surface area contributed by atoms with Crippen LogP contribution >= 0.6 is 0 Å². The van der Waals surface area contributed by atoms with Gasteiger partial charge < -0.3 is 9.30 Å². The standard InChI is InChI=1S/C16H23N3O/c1-4-7-18(8-5-2)16(20)11-14-12-19-9-6-13(3)10-15(19)17-14/h6,9-10,12H,4-5,7-8,11H2,1-3H3. The Labute approximate surface area is 120 Å². The highest BCUT2D eigenvalue weighted by atomic mass is 16.2. The number of hydrogen-bond donors (Lipinski definition) is 0. The highest BCUT2D eigenvalue weighted by Crippen LogP contribution is 2.09. The largest absolute Gasteiger partial charge is 0.342 e. The van der Waals surface area contributed by atoms with E-state index < -0.39 is 0 Å². The summed E-state index contributed by atoms with van der Waals surface area (Å²) in [6, 6.07) is 4.07. The predicted octanol–water partition coefficient (Wildman–Crippen LogP) is 2.83. The monoisotopic (exact) mass is 273 g/mol. The molecule has 0 radical (unpaired) electrons. The van der Waals surface area contributed by atoms with Crippen molar-refractivity contribution in [1.82, 2.24) is 14.3 Å². The van der Waals surface area contributed by atoms with Crippen LogP contribution in [0, 0.1) is 6.92 Å². The Morgan fingerprint density at radius 1 is 1.30 bits per heavy atom. The van der Waals surface area contributed by atoms with Crippen LogP contribution in [0.2, 0.25) is 0 Å². The van der Waals surface area contributed by atoms with Gasteiger partial charge in [-0.05, 0) is 37.5 Å². The molecule has 4 nitrogen and oxygen atoms in total. The fourth-order valence-electron chi connectivity index (χ4n) is 2.39. The van der Waals surface area contributed by atoms with Gasteiger partial charge in [-0.2, -0.15) is 0 Å². The molecule has 2 rings (SSSR count). The number of amides is 1. The molecule has 0 saturated heterocycles. The smallest absolute Gasteiger partial charge is 0.228 e. The average molecular weight is 273 g/mol. The van der Waals surface area contributed by atoms with E-state index >= 15 is 0 Å². The SMILES string of the molecule is CCCN(CCC)C(=O)Cc1cn2ccc(C)cc2n1. The number of aryl methyl sites for hydroxylation is 1. The van der Waals surface area contributed by atoms with E-state index in [1.807, 2.05) is 40.8 Å². The summed E-state index contributed by atoms with van der Waals surface area (Å²) >= 11 is 0. The van der Waals surface area contributed by atoms with Crippen molar-refractivity contribution in [3.63, 3.8) is 0 Å². The number of imidazole rings is 1. The van der Waals surface area contributed by atoms with E-state index in [9.17, 15) is 4.79 Å². The van der Waals surface area contributed by atoms with E-state index in [0.29, 0.717) is 6.42 Å². The van der Waals surface area contributed by atoms with Crippen LogP contribution in [0.5, 0.6) is 0 Å². The lowest BCUT2D eigenvalue weighted by molar-refractivity contribution is -0.130. The van der Waals surface area contributed by atoms with E-state index in [2.05, 4.69) is 18.8 Å². The number of rotatable bonds is 6. The fraction of sp³-hybridized carbons (Fsp3) is 0.500. The van der Waals surface area contributed by atoms with Gasteiger partial charge in [-0.3, -0.25) is 4.79 Å². The van der Waals surface area contributed by atoms with Crippen molar-refractivity contribution in [3.8, 4) is 0 Å². The Morgan fingerprint density at radius 3 is 2.65 bits per heavy atom. The van der Waals surface area contributed by atoms with Gasteiger partial charge in [0.1, 0.15) is 5.65 Å². The number of carbonyl (C=O) groups excluding carboxylic acids is 1. The van der Waals surface area contributed by atoms with Gasteiger partial charge in [0.05, 0.1) is 12.1 Å². The predicted molar refractivity (Wildman–Crippen MR) is 80.8 cm³/mol. The van der Waals surface area contributed by atoms with Crippen LogP contribution in [-0.4, -0.2) is 33.3 Å². The molecule has 2 aromatic rings. The van der Waals surface area contributed by atoms with E-state index in [4.69, 9.17) is 0 Å². The second kappa shape index (κ2) is 6.55. The Kier molecular flexibility index (Phi) is 4.77. The minimum absolute atomic E-state index is 0.175. The molecule has 4 heteroatoms. The second-order valence-corrected chi connectivity index (χ2v) is 5.26. The Bertz CT molecular complexity index is 582. The summed E-state index contributed by atoms with van der Waals surface area (Å²) in [5.74, 6) is 0.175. The van der Waals surface area contributed by atoms with Gasteiger partial charge in [-0.25, -0.2) is 4.98 Å². The Balaban J connectivity index is 2.12. The summed E-state index contributed by atoms with van der Waals surface area (Å²) in [6.45, 7) is 7.91. The molecule has 2 aromatic heterocycles. The van der Waals surface area contributed by atoms with Crippen LogP contribution in [0.25, 0.3) is 5.65 Å². The summed E-state index contributed by atoms with van der Waals surface area (Å²) in [6.07, 6.45) is 6.32. The van der Waals surface area contributed by atoms with Crippen LogP contribution in [0.3, 0.4) is 0 Å². The lowest BCUT2D eigenvalue weighted by Gasteiger charge is -2.20. The molecular weight excluding hydrogens is 250 g/mol. The summed E-state index contributed by atoms with van der Waals surface area (Å²) in [4.78, 5) is 18.8. The maximum absolute atomic E-state index is 12.3. The molecule has 20 heavy (non-hydrogen) atoms. The van der Waals surface area contributed by atoms with Crippen LogP contribution in [0.15, 0.2) is 24.5 Å². The van der Waals surface area contributed by atoms with Crippen LogP contribution in [-0.2, 0) is 11.2 Å². The lowest BCUT2D eigenvalue weighted by Crippen LogP contribution is -2.33. The molecule has 0 aliphatic heterocycles. The average Bonchev–Trinajstić information content (AvgIpc) is 2.79. The molecule has 0 bridgehead atoms.